The SMILES string of the molecule is NC(=O)C1C(=CC2CCCCCC2)C=Cc2ccccc21. The average Bonchev–Trinajstić information content (AvgIpc) is 2.75. The average molecular weight is 281 g/mol. The second-order valence-electron chi connectivity index (χ2n) is 6.22. The smallest absolute Gasteiger partial charge is 0.229 e. The molecule has 1 unspecified atom stereocenters. The van der Waals surface area contributed by atoms with E-state index in [1.165, 1.54) is 38.5 Å². The molecular weight excluding hydrogens is 258 g/mol. The van der Waals surface area contributed by atoms with Crippen LogP contribution in [0.15, 0.2) is 42.0 Å². The van der Waals surface area contributed by atoms with Crippen LogP contribution in [0.25, 0.3) is 6.08 Å². The van der Waals surface area contributed by atoms with Crippen LogP contribution in [0.1, 0.15) is 55.6 Å². The molecule has 110 valence electrons. The Morgan fingerprint density at radius 3 is 2.48 bits per heavy atom. The van der Waals surface area contributed by atoms with E-state index in [0.717, 1.165) is 16.7 Å². The van der Waals surface area contributed by atoms with Crippen molar-refractivity contribution >= 4 is 12.0 Å². The van der Waals surface area contributed by atoms with Crippen molar-refractivity contribution in [3.05, 3.63) is 53.1 Å². The molecule has 0 radical (unpaired) electrons. The number of benzene rings is 1. The van der Waals surface area contributed by atoms with E-state index in [4.69, 9.17) is 5.73 Å². The lowest BCUT2D eigenvalue weighted by atomic mass is 9.81. The molecule has 1 atom stereocenters. The van der Waals surface area contributed by atoms with Crippen LogP contribution in [-0.2, 0) is 4.79 Å². The van der Waals surface area contributed by atoms with E-state index >= 15 is 0 Å². The molecule has 0 heterocycles. The summed E-state index contributed by atoms with van der Waals surface area (Å²) >= 11 is 0. The van der Waals surface area contributed by atoms with Crippen molar-refractivity contribution < 1.29 is 4.79 Å². The lowest BCUT2D eigenvalue weighted by Gasteiger charge is -2.23. The lowest BCUT2D eigenvalue weighted by Crippen LogP contribution is -2.25. The number of carbonyl (C=O) groups is 1. The molecule has 0 bridgehead atoms. The van der Waals surface area contributed by atoms with Crippen LogP contribution in [0.3, 0.4) is 0 Å². The zero-order chi connectivity index (χ0) is 14.7. The second kappa shape index (κ2) is 6.30. The Bertz CT molecular complexity index is 577. The fourth-order valence-corrected chi connectivity index (χ4v) is 3.61. The molecule has 2 aliphatic carbocycles. The van der Waals surface area contributed by atoms with E-state index < -0.39 is 0 Å². The fourth-order valence-electron chi connectivity index (χ4n) is 3.61. The second-order valence-corrected chi connectivity index (χ2v) is 6.22. The summed E-state index contributed by atoms with van der Waals surface area (Å²) in [5.41, 5.74) is 8.94. The van der Waals surface area contributed by atoms with E-state index in [-0.39, 0.29) is 11.8 Å². The van der Waals surface area contributed by atoms with Crippen LogP contribution < -0.4 is 5.73 Å². The zero-order valence-corrected chi connectivity index (χ0v) is 12.4. The maximum Gasteiger partial charge on any atom is 0.229 e. The number of hydrogen-bond acceptors (Lipinski definition) is 1. The molecule has 0 spiro atoms. The van der Waals surface area contributed by atoms with Crippen LogP contribution in [0.4, 0.5) is 0 Å². The van der Waals surface area contributed by atoms with Gasteiger partial charge in [-0.2, -0.15) is 0 Å². The number of nitrogens with two attached hydrogens (primary N) is 1. The summed E-state index contributed by atoms with van der Waals surface area (Å²) in [6.45, 7) is 0. The molecule has 3 rings (SSSR count). The number of rotatable bonds is 2. The molecule has 1 saturated carbocycles. The van der Waals surface area contributed by atoms with Crippen molar-refractivity contribution in [2.45, 2.75) is 44.4 Å². The van der Waals surface area contributed by atoms with Gasteiger partial charge in [-0.1, -0.05) is 68.2 Å². The first-order valence-electron chi connectivity index (χ1n) is 8.04. The van der Waals surface area contributed by atoms with E-state index in [1.54, 1.807) is 0 Å². The van der Waals surface area contributed by atoms with Crippen molar-refractivity contribution in [1.29, 1.82) is 0 Å². The number of primary amides is 1. The monoisotopic (exact) mass is 281 g/mol. The maximum atomic E-state index is 12.0. The van der Waals surface area contributed by atoms with Gasteiger partial charge in [-0.15, -0.1) is 0 Å². The summed E-state index contributed by atoms with van der Waals surface area (Å²) in [6, 6.07) is 8.05. The first-order valence-corrected chi connectivity index (χ1v) is 8.04. The highest BCUT2D eigenvalue weighted by molar-refractivity contribution is 5.89. The number of carbonyl (C=O) groups excluding carboxylic acids is 1. The van der Waals surface area contributed by atoms with Gasteiger partial charge >= 0.3 is 0 Å². The molecular formula is C19H23NO. The molecule has 0 saturated heterocycles. The number of fused-ring (bicyclic) bond motifs is 1. The van der Waals surface area contributed by atoms with Gasteiger partial charge in [0.2, 0.25) is 5.91 Å². The number of allylic oxidation sites excluding steroid dienone is 2. The molecule has 1 aromatic rings. The Hall–Kier alpha value is -1.83. The molecule has 0 aliphatic heterocycles. The van der Waals surface area contributed by atoms with E-state index in [9.17, 15) is 4.79 Å². The molecule has 1 amide bonds. The van der Waals surface area contributed by atoms with Gasteiger partial charge in [0.25, 0.3) is 0 Å². The van der Waals surface area contributed by atoms with Gasteiger partial charge in [-0.05, 0) is 35.5 Å². The highest BCUT2D eigenvalue weighted by Crippen LogP contribution is 2.36. The normalized spacial score (nSPS) is 24.6. The Kier molecular flexibility index (Phi) is 4.23. The highest BCUT2D eigenvalue weighted by Gasteiger charge is 2.26. The molecule has 1 aromatic carbocycles. The molecule has 21 heavy (non-hydrogen) atoms. The summed E-state index contributed by atoms with van der Waals surface area (Å²) in [5, 5.41) is 0. The maximum absolute atomic E-state index is 12.0. The van der Waals surface area contributed by atoms with E-state index in [2.05, 4.69) is 18.2 Å². The largest absolute Gasteiger partial charge is 0.369 e. The van der Waals surface area contributed by atoms with Crippen molar-refractivity contribution in [3.8, 4) is 0 Å². The number of hydrogen-bond donors (Lipinski definition) is 1. The van der Waals surface area contributed by atoms with Gasteiger partial charge in [0.05, 0.1) is 5.92 Å². The quantitative estimate of drug-likeness (QED) is 0.812. The number of amides is 1. The molecule has 1 fully saturated rings. The molecule has 2 nitrogen and oxygen atoms in total. The van der Waals surface area contributed by atoms with Gasteiger partial charge in [-0.25, -0.2) is 0 Å². The minimum Gasteiger partial charge on any atom is -0.369 e. The van der Waals surface area contributed by atoms with Gasteiger partial charge in [-0.3, -0.25) is 4.79 Å². The van der Waals surface area contributed by atoms with Crippen molar-refractivity contribution in [3.63, 3.8) is 0 Å². The van der Waals surface area contributed by atoms with E-state index in [1.807, 2.05) is 24.3 Å². The fraction of sp³-hybridized carbons (Fsp3) is 0.421. The summed E-state index contributed by atoms with van der Waals surface area (Å²) in [4.78, 5) is 12.0. The Morgan fingerprint density at radius 1 is 1.05 bits per heavy atom. The first-order chi connectivity index (χ1) is 10.3. The van der Waals surface area contributed by atoms with Crippen LogP contribution in [0.5, 0.6) is 0 Å². The minimum absolute atomic E-state index is 0.244. The predicted octanol–water partition coefficient (Wildman–Crippen LogP) is 4.18. The van der Waals surface area contributed by atoms with Crippen LogP contribution in [0.2, 0.25) is 0 Å². The summed E-state index contributed by atoms with van der Waals surface area (Å²) in [5.74, 6) is 0.0698. The molecule has 2 aliphatic rings. The summed E-state index contributed by atoms with van der Waals surface area (Å²) < 4.78 is 0. The Morgan fingerprint density at radius 2 is 1.76 bits per heavy atom. The lowest BCUT2D eigenvalue weighted by molar-refractivity contribution is -0.118. The highest BCUT2D eigenvalue weighted by atomic mass is 16.1. The molecule has 0 aromatic heterocycles. The summed E-state index contributed by atoms with van der Waals surface area (Å²) in [7, 11) is 0. The van der Waals surface area contributed by atoms with Gasteiger partial charge < -0.3 is 5.73 Å². The molecule has 2 heteroatoms. The first kappa shape index (κ1) is 14.1. The third kappa shape index (κ3) is 3.10. The van der Waals surface area contributed by atoms with Crippen molar-refractivity contribution in [2.75, 3.05) is 0 Å². The topological polar surface area (TPSA) is 43.1 Å². The van der Waals surface area contributed by atoms with Gasteiger partial charge in [0.15, 0.2) is 0 Å². The van der Waals surface area contributed by atoms with Crippen LogP contribution in [0, 0.1) is 5.92 Å². The third-order valence-corrected chi connectivity index (χ3v) is 4.71. The summed E-state index contributed by atoms with van der Waals surface area (Å²) in [6.07, 6.45) is 14.3. The third-order valence-electron chi connectivity index (χ3n) is 4.71. The van der Waals surface area contributed by atoms with Crippen LogP contribution >= 0.6 is 0 Å². The van der Waals surface area contributed by atoms with Crippen molar-refractivity contribution in [1.82, 2.24) is 0 Å². The van der Waals surface area contributed by atoms with Crippen molar-refractivity contribution in [2.24, 2.45) is 11.7 Å². The zero-order valence-electron chi connectivity index (χ0n) is 12.4. The predicted molar refractivity (Wildman–Crippen MR) is 86.7 cm³/mol. The standard InChI is InChI=1S/C19H23NO/c20-19(21)18-16(13-14-7-3-1-2-4-8-14)12-11-15-9-5-6-10-17(15)18/h5-6,9-14,18H,1-4,7-8H2,(H2,20,21). The van der Waals surface area contributed by atoms with E-state index in [0.29, 0.717) is 5.92 Å². The minimum atomic E-state index is -0.283. The van der Waals surface area contributed by atoms with Gasteiger partial charge in [0, 0.05) is 0 Å². The molecule has 2 N–H and O–H groups in total. The Labute approximate surface area is 126 Å². The Balaban J connectivity index is 1.93. The van der Waals surface area contributed by atoms with Crippen LogP contribution in [-0.4, -0.2) is 5.91 Å². The van der Waals surface area contributed by atoms with Gasteiger partial charge in [0.1, 0.15) is 0 Å².